The predicted molar refractivity (Wildman–Crippen MR) is 56.3 cm³/mol. The van der Waals surface area contributed by atoms with Crippen LogP contribution in [-0.2, 0) is 0 Å². The van der Waals surface area contributed by atoms with Crippen molar-refractivity contribution in [3.05, 3.63) is 21.9 Å². The molecule has 0 aliphatic heterocycles. The molecule has 1 aromatic rings. The second kappa shape index (κ2) is 4.53. The van der Waals surface area contributed by atoms with E-state index in [1.54, 1.807) is 0 Å². The molecule has 0 saturated carbocycles. The van der Waals surface area contributed by atoms with Gasteiger partial charge in [0.2, 0.25) is 0 Å². The second-order valence-electron chi connectivity index (χ2n) is 3.23. The van der Waals surface area contributed by atoms with Crippen LogP contribution in [0.3, 0.4) is 0 Å². The molecule has 0 aromatic carbocycles. The fourth-order valence-corrected chi connectivity index (χ4v) is 2.01. The Bertz CT molecular complexity index is 293. The largest absolute Gasteiger partial charge is 0.327 e. The van der Waals surface area contributed by atoms with Crippen molar-refractivity contribution in [3.63, 3.8) is 0 Å². The number of carbonyl (C=O) groups is 1. The Morgan fingerprint density at radius 1 is 1.69 bits per heavy atom. The molecule has 1 unspecified atom stereocenters. The SMILES string of the molecule is CCC(N)CC(=O)c1sccc1C. The fraction of sp³-hybridized carbons (Fsp3) is 0.500. The third-order valence-electron chi connectivity index (χ3n) is 2.09. The molecule has 0 fully saturated rings. The number of ketones is 1. The van der Waals surface area contributed by atoms with E-state index >= 15 is 0 Å². The van der Waals surface area contributed by atoms with E-state index in [0.29, 0.717) is 6.42 Å². The second-order valence-corrected chi connectivity index (χ2v) is 4.14. The fourth-order valence-electron chi connectivity index (χ4n) is 1.13. The van der Waals surface area contributed by atoms with E-state index in [-0.39, 0.29) is 11.8 Å². The number of hydrogen-bond acceptors (Lipinski definition) is 3. The van der Waals surface area contributed by atoms with Crippen LogP contribution in [0.15, 0.2) is 11.4 Å². The number of hydrogen-bond donors (Lipinski definition) is 1. The first-order chi connectivity index (χ1) is 6.15. The van der Waals surface area contributed by atoms with Gasteiger partial charge in [-0.2, -0.15) is 0 Å². The van der Waals surface area contributed by atoms with Crippen molar-refractivity contribution in [2.24, 2.45) is 5.73 Å². The number of rotatable bonds is 4. The molecule has 1 atom stereocenters. The number of thiophene rings is 1. The molecule has 0 aliphatic carbocycles. The lowest BCUT2D eigenvalue weighted by Crippen LogP contribution is -2.22. The van der Waals surface area contributed by atoms with Crippen LogP contribution in [0.25, 0.3) is 0 Å². The summed E-state index contributed by atoms with van der Waals surface area (Å²) in [5.41, 5.74) is 6.78. The molecule has 3 heteroatoms. The van der Waals surface area contributed by atoms with Crippen LogP contribution in [-0.4, -0.2) is 11.8 Å². The smallest absolute Gasteiger partial charge is 0.174 e. The Morgan fingerprint density at radius 2 is 2.38 bits per heavy atom. The summed E-state index contributed by atoms with van der Waals surface area (Å²) < 4.78 is 0. The topological polar surface area (TPSA) is 43.1 Å². The van der Waals surface area contributed by atoms with E-state index in [4.69, 9.17) is 5.73 Å². The lowest BCUT2D eigenvalue weighted by molar-refractivity contribution is 0.0977. The van der Waals surface area contributed by atoms with Crippen molar-refractivity contribution in [1.82, 2.24) is 0 Å². The summed E-state index contributed by atoms with van der Waals surface area (Å²) in [6.07, 6.45) is 1.33. The van der Waals surface area contributed by atoms with Crippen LogP contribution in [0.4, 0.5) is 0 Å². The molecule has 0 radical (unpaired) electrons. The van der Waals surface area contributed by atoms with E-state index in [2.05, 4.69) is 0 Å². The molecule has 1 rings (SSSR count). The van der Waals surface area contributed by atoms with Gasteiger partial charge in [-0.1, -0.05) is 6.92 Å². The summed E-state index contributed by atoms with van der Waals surface area (Å²) in [6.45, 7) is 3.96. The normalized spacial score (nSPS) is 12.8. The molecule has 0 bridgehead atoms. The Hall–Kier alpha value is -0.670. The summed E-state index contributed by atoms with van der Waals surface area (Å²) in [4.78, 5) is 12.5. The highest BCUT2D eigenvalue weighted by Crippen LogP contribution is 2.18. The van der Waals surface area contributed by atoms with E-state index in [9.17, 15) is 4.79 Å². The van der Waals surface area contributed by atoms with Gasteiger partial charge in [-0.25, -0.2) is 0 Å². The van der Waals surface area contributed by atoms with Crippen LogP contribution < -0.4 is 5.73 Å². The van der Waals surface area contributed by atoms with Gasteiger partial charge in [-0.15, -0.1) is 11.3 Å². The lowest BCUT2D eigenvalue weighted by atomic mass is 10.1. The number of aryl methyl sites for hydroxylation is 1. The predicted octanol–water partition coefficient (Wildman–Crippen LogP) is 2.37. The zero-order valence-electron chi connectivity index (χ0n) is 8.04. The van der Waals surface area contributed by atoms with Crippen LogP contribution in [0.1, 0.15) is 35.0 Å². The van der Waals surface area contributed by atoms with Crippen LogP contribution >= 0.6 is 11.3 Å². The van der Waals surface area contributed by atoms with Crippen molar-refractivity contribution >= 4 is 17.1 Å². The van der Waals surface area contributed by atoms with Gasteiger partial charge in [0.05, 0.1) is 4.88 Å². The average Bonchev–Trinajstić information content (AvgIpc) is 2.51. The van der Waals surface area contributed by atoms with Gasteiger partial charge in [0.15, 0.2) is 5.78 Å². The van der Waals surface area contributed by atoms with Gasteiger partial charge in [0, 0.05) is 12.5 Å². The van der Waals surface area contributed by atoms with Gasteiger partial charge >= 0.3 is 0 Å². The molecule has 0 amide bonds. The van der Waals surface area contributed by atoms with Gasteiger partial charge in [0.1, 0.15) is 0 Å². The van der Waals surface area contributed by atoms with Crippen molar-refractivity contribution in [2.45, 2.75) is 32.7 Å². The van der Waals surface area contributed by atoms with E-state index in [0.717, 1.165) is 16.9 Å². The third kappa shape index (κ3) is 2.64. The molecule has 0 aliphatic rings. The minimum Gasteiger partial charge on any atom is -0.327 e. The highest BCUT2D eigenvalue weighted by molar-refractivity contribution is 7.12. The summed E-state index contributed by atoms with van der Waals surface area (Å²) in [7, 11) is 0. The Labute approximate surface area is 82.8 Å². The molecule has 0 saturated heterocycles. The van der Waals surface area contributed by atoms with Crippen LogP contribution in [0, 0.1) is 6.92 Å². The number of carbonyl (C=O) groups excluding carboxylic acids is 1. The quantitative estimate of drug-likeness (QED) is 0.753. The minimum atomic E-state index is 0.00833. The molecule has 2 N–H and O–H groups in total. The van der Waals surface area contributed by atoms with Crippen molar-refractivity contribution < 1.29 is 4.79 Å². The van der Waals surface area contributed by atoms with E-state index in [1.165, 1.54) is 11.3 Å². The maximum absolute atomic E-state index is 11.6. The number of Topliss-reactive ketones (excluding diaryl/α,β-unsaturated/α-hetero) is 1. The van der Waals surface area contributed by atoms with Crippen molar-refractivity contribution in [1.29, 1.82) is 0 Å². The average molecular weight is 197 g/mol. The number of nitrogens with two attached hydrogens (primary N) is 1. The summed E-state index contributed by atoms with van der Waals surface area (Å²) >= 11 is 1.51. The summed E-state index contributed by atoms with van der Waals surface area (Å²) in [5.74, 6) is 0.182. The Morgan fingerprint density at radius 3 is 2.85 bits per heavy atom. The van der Waals surface area contributed by atoms with Crippen LogP contribution in [0.5, 0.6) is 0 Å². The summed E-state index contributed by atoms with van der Waals surface area (Å²) in [6, 6.07) is 1.98. The Kier molecular flexibility index (Phi) is 3.63. The van der Waals surface area contributed by atoms with Gasteiger partial charge in [0.25, 0.3) is 0 Å². The highest BCUT2D eigenvalue weighted by atomic mass is 32.1. The van der Waals surface area contributed by atoms with Crippen molar-refractivity contribution in [3.8, 4) is 0 Å². The van der Waals surface area contributed by atoms with Gasteiger partial charge < -0.3 is 5.73 Å². The first kappa shape index (κ1) is 10.4. The Balaban J connectivity index is 2.64. The highest BCUT2D eigenvalue weighted by Gasteiger charge is 2.13. The van der Waals surface area contributed by atoms with E-state index < -0.39 is 0 Å². The monoisotopic (exact) mass is 197 g/mol. The summed E-state index contributed by atoms with van der Waals surface area (Å²) in [5, 5.41) is 1.94. The minimum absolute atomic E-state index is 0.00833. The molecule has 1 aromatic heterocycles. The zero-order chi connectivity index (χ0) is 9.84. The van der Waals surface area contributed by atoms with Gasteiger partial charge in [-0.05, 0) is 30.4 Å². The molecule has 0 spiro atoms. The first-order valence-electron chi connectivity index (χ1n) is 4.48. The molecule has 2 nitrogen and oxygen atoms in total. The molecule has 13 heavy (non-hydrogen) atoms. The molecular formula is C10H15NOS. The lowest BCUT2D eigenvalue weighted by Gasteiger charge is -2.06. The molecular weight excluding hydrogens is 182 g/mol. The van der Waals surface area contributed by atoms with Gasteiger partial charge in [-0.3, -0.25) is 4.79 Å². The maximum atomic E-state index is 11.6. The first-order valence-corrected chi connectivity index (χ1v) is 5.36. The third-order valence-corrected chi connectivity index (χ3v) is 3.14. The van der Waals surface area contributed by atoms with E-state index in [1.807, 2.05) is 25.3 Å². The maximum Gasteiger partial charge on any atom is 0.174 e. The standard InChI is InChI=1S/C10H15NOS/c1-3-8(11)6-9(12)10-7(2)4-5-13-10/h4-5,8H,3,6,11H2,1-2H3. The van der Waals surface area contributed by atoms with Crippen molar-refractivity contribution in [2.75, 3.05) is 0 Å². The molecule has 1 heterocycles. The van der Waals surface area contributed by atoms with Crippen LogP contribution in [0.2, 0.25) is 0 Å². The zero-order valence-corrected chi connectivity index (χ0v) is 8.86. The molecule has 72 valence electrons.